The lowest BCUT2D eigenvalue weighted by molar-refractivity contribution is -0.138. The van der Waals surface area contributed by atoms with Crippen LogP contribution in [-0.4, -0.2) is 35.1 Å². The van der Waals surface area contributed by atoms with Crippen molar-refractivity contribution < 1.29 is 9.90 Å². The summed E-state index contributed by atoms with van der Waals surface area (Å²) in [7, 11) is 0. The van der Waals surface area contributed by atoms with Crippen molar-refractivity contribution in [2.75, 3.05) is 13.2 Å². The van der Waals surface area contributed by atoms with E-state index in [1.165, 1.54) is 0 Å². The van der Waals surface area contributed by atoms with Crippen molar-refractivity contribution in [1.82, 2.24) is 4.90 Å². The molecule has 1 aliphatic rings. The first-order valence-corrected chi connectivity index (χ1v) is 5.55. The topological polar surface area (TPSA) is 64.3 Å². The lowest BCUT2D eigenvalue weighted by Crippen LogP contribution is -2.47. The molecule has 0 saturated carbocycles. The van der Waals surface area contributed by atoms with Gasteiger partial charge in [0.15, 0.2) is 0 Å². The minimum atomic E-state index is -0.544. The number of likely N-dealkylation sites (tertiary alicyclic amines) is 1. The predicted octanol–water partition coefficient (Wildman–Crippen LogP) is 0.910. The summed E-state index contributed by atoms with van der Waals surface area (Å²) in [6.07, 6.45) is 3.43. The van der Waals surface area contributed by atoms with Crippen LogP contribution in [0.2, 0.25) is 0 Å². The van der Waals surface area contributed by atoms with Gasteiger partial charge in [-0.2, -0.15) is 5.26 Å². The Bertz CT molecular complexity index is 260. The van der Waals surface area contributed by atoms with Crippen LogP contribution in [0.3, 0.4) is 0 Å². The van der Waals surface area contributed by atoms with Crippen LogP contribution in [-0.2, 0) is 4.79 Å². The van der Waals surface area contributed by atoms with Gasteiger partial charge in [0, 0.05) is 6.54 Å². The molecule has 15 heavy (non-hydrogen) atoms. The number of hydrogen-bond donors (Lipinski definition) is 1. The Labute approximate surface area is 90.5 Å². The number of aliphatic hydroxyl groups is 1. The largest absolute Gasteiger partial charge is 0.394 e. The van der Waals surface area contributed by atoms with Crippen LogP contribution in [0.5, 0.6) is 0 Å². The first kappa shape index (κ1) is 12.0. The highest BCUT2D eigenvalue weighted by atomic mass is 16.3. The van der Waals surface area contributed by atoms with Gasteiger partial charge in [-0.25, -0.2) is 0 Å². The van der Waals surface area contributed by atoms with Gasteiger partial charge < -0.3 is 10.0 Å². The maximum atomic E-state index is 11.9. The van der Waals surface area contributed by atoms with Gasteiger partial charge in [0.2, 0.25) is 5.91 Å². The van der Waals surface area contributed by atoms with Crippen molar-refractivity contribution in [3.8, 4) is 6.07 Å². The quantitative estimate of drug-likeness (QED) is 0.753. The van der Waals surface area contributed by atoms with Gasteiger partial charge >= 0.3 is 0 Å². The summed E-state index contributed by atoms with van der Waals surface area (Å²) in [5.74, 6) is -0.657. The van der Waals surface area contributed by atoms with Crippen molar-refractivity contribution in [2.24, 2.45) is 5.92 Å². The summed E-state index contributed by atoms with van der Waals surface area (Å²) in [5.41, 5.74) is 0. The van der Waals surface area contributed by atoms with Crippen LogP contribution in [0, 0.1) is 17.2 Å². The molecular weight excluding hydrogens is 192 g/mol. The average Bonchev–Trinajstić information content (AvgIpc) is 2.30. The van der Waals surface area contributed by atoms with Crippen molar-refractivity contribution in [2.45, 2.75) is 38.6 Å². The molecule has 2 unspecified atom stereocenters. The molecule has 0 aromatic rings. The summed E-state index contributed by atoms with van der Waals surface area (Å²) >= 11 is 0. The third-order valence-corrected chi connectivity index (χ3v) is 2.98. The van der Waals surface area contributed by atoms with Crippen LogP contribution < -0.4 is 0 Å². The first-order valence-electron chi connectivity index (χ1n) is 5.55. The third kappa shape index (κ3) is 2.69. The summed E-state index contributed by atoms with van der Waals surface area (Å²) in [6, 6.07) is 1.95. The SMILES string of the molecule is CCC(C#N)C(=O)N1CCCCC1CO. The molecule has 1 amide bonds. The van der Waals surface area contributed by atoms with Crippen molar-refractivity contribution in [1.29, 1.82) is 5.26 Å². The number of aliphatic hydroxyl groups excluding tert-OH is 1. The fourth-order valence-corrected chi connectivity index (χ4v) is 2.00. The molecule has 1 rings (SSSR count). The maximum absolute atomic E-state index is 11.9. The van der Waals surface area contributed by atoms with Gasteiger partial charge in [-0.15, -0.1) is 0 Å². The lowest BCUT2D eigenvalue weighted by Gasteiger charge is -2.35. The molecule has 0 bridgehead atoms. The third-order valence-electron chi connectivity index (χ3n) is 2.98. The molecule has 0 aliphatic carbocycles. The molecule has 0 spiro atoms. The number of rotatable bonds is 3. The van der Waals surface area contributed by atoms with Crippen molar-refractivity contribution in [3.05, 3.63) is 0 Å². The molecule has 4 heteroatoms. The Balaban J connectivity index is 2.67. The first-order chi connectivity index (χ1) is 7.24. The monoisotopic (exact) mass is 210 g/mol. The zero-order chi connectivity index (χ0) is 11.3. The molecule has 0 radical (unpaired) electrons. The van der Waals surface area contributed by atoms with E-state index in [9.17, 15) is 4.79 Å². The number of nitriles is 1. The van der Waals surface area contributed by atoms with Crippen molar-refractivity contribution in [3.63, 3.8) is 0 Å². The van der Waals surface area contributed by atoms with E-state index in [-0.39, 0.29) is 18.6 Å². The molecule has 84 valence electrons. The molecule has 0 aromatic carbocycles. The van der Waals surface area contributed by atoms with E-state index < -0.39 is 5.92 Å². The number of nitrogens with zero attached hydrogens (tertiary/aromatic N) is 2. The molecule has 1 saturated heterocycles. The number of carbonyl (C=O) groups is 1. The summed E-state index contributed by atoms with van der Waals surface area (Å²) in [4.78, 5) is 13.6. The van der Waals surface area contributed by atoms with Gasteiger partial charge in [-0.1, -0.05) is 6.92 Å². The van der Waals surface area contributed by atoms with E-state index >= 15 is 0 Å². The molecule has 1 fully saturated rings. The van der Waals surface area contributed by atoms with Crippen LogP contribution in [0.4, 0.5) is 0 Å². The number of piperidine rings is 1. The zero-order valence-electron chi connectivity index (χ0n) is 9.15. The highest BCUT2D eigenvalue weighted by Gasteiger charge is 2.30. The molecule has 2 atom stereocenters. The Hall–Kier alpha value is -1.08. The smallest absolute Gasteiger partial charge is 0.240 e. The molecule has 1 heterocycles. The van der Waals surface area contributed by atoms with Gasteiger partial charge in [0.25, 0.3) is 0 Å². The zero-order valence-corrected chi connectivity index (χ0v) is 9.15. The Morgan fingerprint density at radius 1 is 1.67 bits per heavy atom. The summed E-state index contributed by atoms with van der Waals surface area (Å²) in [6.45, 7) is 2.53. The molecule has 1 N–H and O–H groups in total. The van der Waals surface area contributed by atoms with Gasteiger partial charge in [-0.05, 0) is 25.7 Å². The molecular formula is C11H18N2O2. The van der Waals surface area contributed by atoms with E-state index in [1.807, 2.05) is 13.0 Å². The normalized spacial score (nSPS) is 23.3. The van der Waals surface area contributed by atoms with Gasteiger partial charge in [0.05, 0.1) is 18.7 Å². The second-order valence-corrected chi connectivity index (χ2v) is 3.95. The summed E-state index contributed by atoms with van der Waals surface area (Å²) < 4.78 is 0. The summed E-state index contributed by atoms with van der Waals surface area (Å²) in [5, 5.41) is 18.0. The Morgan fingerprint density at radius 2 is 2.40 bits per heavy atom. The highest BCUT2D eigenvalue weighted by molar-refractivity contribution is 5.81. The lowest BCUT2D eigenvalue weighted by atomic mass is 9.99. The van der Waals surface area contributed by atoms with E-state index in [4.69, 9.17) is 10.4 Å². The fourth-order valence-electron chi connectivity index (χ4n) is 2.00. The number of amides is 1. The molecule has 0 aromatic heterocycles. The second kappa shape index (κ2) is 5.72. The second-order valence-electron chi connectivity index (χ2n) is 3.95. The van der Waals surface area contributed by atoms with E-state index in [0.29, 0.717) is 13.0 Å². The minimum absolute atomic E-state index is 0.00754. The standard InChI is InChI=1S/C11H18N2O2/c1-2-9(7-12)11(15)13-6-4-3-5-10(13)8-14/h9-10,14H,2-6,8H2,1H3. The van der Waals surface area contributed by atoms with Crippen molar-refractivity contribution >= 4 is 5.91 Å². The van der Waals surface area contributed by atoms with Gasteiger partial charge in [-0.3, -0.25) is 4.79 Å². The maximum Gasteiger partial charge on any atom is 0.240 e. The number of hydrogen-bond acceptors (Lipinski definition) is 3. The average molecular weight is 210 g/mol. The molecule has 1 aliphatic heterocycles. The van der Waals surface area contributed by atoms with Crippen LogP contribution in [0.25, 0.3) is 0 Å². The minimum Gasteiger partial charge on any atom is -0.394 e. The van der Waals surface area contributed by atoms with Crippen LogP contribution in [0.1, 0.15) is 32.6 Å². The fraction of sp³-hybridized carbons (Fsp3) is 0.818. The predicted molar refractivity (Wildman–Crippen MR) is 55.8 cm³/mol. The Kier molecular flexibility index (Phi) is 4.57. The number of carbonyl (C=O) groups excluding carboxylic acids is 1. The van der Waals surface area contributed by atoms with Crippen LogP contribution in [0.15, 0.2) is 0 Å². The molecule has 4 nitrogen and oxygen atoms in total. The Morgan fingerprint density at radius 3 is 2.93 bits per heavy atom. The van der Waals surface area contributed by atoms with E-state index in [2.05, 4.69) is 0 Å². The van der Waals surface area contributed by atoms with Gasteiger partial charge in [0.1, 0.15) is 5.92 Å². The van der Waals surface area contributed by atoms with Crippen LogP contribution >= 0.6 is 0 Å². The van der Waals surface area contributed by atoms with E-state index in [0.717, 1.165) is 19.3 Å². The highest BCUT2D eigenvalue weighted by Crippen LogP contribution is 2.19. The van der Waals surface area contributed by atoms with E-state index in [1.54, 1.807) is 4.90 Å².